The van der Waals surface area contributed by atoms with Gasteiger partial charge in [0.15, 0.2) is 5.78 Å². The number of esters is 1. The zero-order valence-corrected chi connectivity index (χ0v) is 13.5. The third-order valence-electron chi connectivity index (χ3n) is 3.98. The maximum atomic E-state index is 12.8. The molecule has 0 amide bonds. The summed E-state index contributed by atoms with van der Waals surface area (Å²) in [5.41, 5.74) is 1.64. The van der Waals surface area contributed by atoms with Crippen LogP contribution in [0.3, 0.4) is 0 Å². The van der Waals surface area contributed by atoms with Crippen LogP contribution < -0.4 is 0 Å². The van der Waals surface area contributed by atoms with E-state index in [1.54, 1.807) is 31.2 Å². The van der Waals surface area contributed by atoms with Crippen molar-refractivity contribution >= 4 is 23.4 Å². The molecule has 21 heavy (non-hydrogen) atoms. The van der Waals surface area contributed by atoms with Gasteiger partial charge in [-0.25, -0.2) is 0 Å². The number of carbonyl (C=O) groups is 2. The third kappa shape index (κ3) is 2.62. The maximum absolute atomic E-state index is 12.8. The van der Waals surface area contributed by atoms with Gasteiger partial charge in [-0.2, -0.15) is 0 Å². The molecule has 0 spiro atoms. The van der Waals surface area contributed by atoms with Crippen molar-refractivity contribution in [2.24, 2.45) is 11.3 Å². The van der Waals surface area contributed by atoms with Crippen LogP contribution in [0.5, 0.6) is 0 Å². The molecule has 0 saturated heterocycles. The van der Waals surface area contributed by atoms with Crippen LogP contribution in [0.15, 0.2) is 35.4 Å². The number of allylic oxidation sites excluding steroid dienone is 1. The summed E-state index contributed by atoms with van der Waals surface area (Å²) in [6, 6.07) is 6.75. The standard InChI is InChI=1S/C17H19ClO3/c1-5-21-16(20)14-13(10(2)3)17(14,4)15(19)11-6-8-12(18)9-7-11/h6-9,14H,5H2,1-4H3/t14-,17+/m0/s1. The third-order valence-corrected chi connectivity index (χ3v) is 4.23. The van der Waals surface area contributed by atoms with Gasteiger partial charge in [-0.05, 0) is 57.5 Å². The molecule has 2 rings (SSSR count). The first-order chi connectivity index (χ1) is 9.83. The summed E-state index contributed by atoms with van der Waals surface area (Å²) in [7, 11) is 0. The molecule has 1 aliphatic carbocycles. The predicted octanol–water partition coefficient (Wildman–Crippen LogP) is 4.06. The van der Waals surface area contributed by atoms with Crippen molar-refractivity contribution in [1.29, 1.82) is 0 Å². The Bertz CT molecular complexity index is 611. The van der Waals surface area contributed by atoms with Crippen LogP contribution in [0.4, 0.5) is 0 Å². The summed E-state index contributed by atoms with van der Waals surface area (Å²) in [5, 5.41) is 0.580. The van der Waals surface area contributed by atoms with E-state index in [-0.39, 0.29) is 11.8 Å². The average Bonchev–Trinajstić information content (AvgIpc) is 3.07. The Hall–Kier alpha value is -1.61. The highest BCUT2D eigenvalue weighted by atomic mass is 35.5. The van der Waals surface area contributed by atoms with E-state index in [1.807, 2.05) is 20.8 Å². The number of carbonyl (C=O) groups excluding carboxylic acids is 2. The number of ketones is 1. The van der Waals surface area contributed by atoms with Gasteiger partial charge in [0, 0.05) is 10.6 Å². The predicted molar refractivity (Wildman–Crippen MR) is 82.4 cm³/mol. The van der Waals surface area contributed by atoms with E-state index in [4.69, 9.17) is 16.3 Å². The highest BCUT2D eigenvalue weighted by molar-refractivity contribution is 6.30. The van der Waals surface area contributed by atoms with Crippen molar-refractivity contribution in [3.8, 4) is 0 Å². The Kier molecular flexibility index (Phi) is 4.24. The fourth-order valence-corrected chi connectivity index (χ4v) is 3.11. The lowest BCUT2D eigenvalue weighted by molar-refractivity contribution is -0.145. The molecule has 4 heteroatoms. The largest absolute Gasteiger partial charge is 0.465 e. The smallest absolute Gasteiger partial charge is 0.314 e. The van der Waals surface area contributed by atoms with Crippen molar-refractivity contribution in [3.63, 3.8) is 0 Å². The Labute approximate surface area is 129 Å². The molecule has 0 bridgehead atoms. The normalized spacial score (nSPS) is 23.7. The fourth-order valence-electron chi connectivity index (χ4n) is 2.98. The first-order valence-corrected chi connectivity index (χ1v) is 7.36. The SMILES string of the molecule is CCOC(=O)[C@@H]1C(=C(C)C)[C@@]1(C)C(=O)c1ccc(Cl)cc1. The van der Waals surface area contributed by atoms with Crippen LogP contribution in [0.25, 0.3) is 0 Å². The van der Waals surface area contributed by atoms with E-state index < -0.39 is 11.3 Å². The highest BCUT2D eigenvalue weighted by Gasteiger charge is 2.66. The molecule has 2 atom stereocenters. The minimum atomic E-state index is -0.793. The molecule has 1 aromatic carbocycles. The van der Waals surface area contributed by atoms with Crippen molar-refractivity contribution in [3.05, 3.63) is 46.0 Å². The van der Waals surface area contributed by atoms with Gasteiger partial charge in [0.25, 0.3) is 0 Å². The molecule has 0 unspecified atom stereocenters. The number of hydrogen-bond donors (Lipinski definition) is 0. The molecule has 3 nitrogen and oxygen atoms in total. The zero-order chi connectivity index (χ0) is 15.8. The molecule has 0 N–H and O–H groups in total. The van der Waals surface area contributed by atoms with Crippen LogP contribution in [0.1, 0.15) is 38.1 Å². The summed E-state index contributed by atoms with van der Waals surface area (Å²) in [6.07, 6.45) is 0. The lowest BCUT2D eigenvalue weighted by atomic mass is 9.93. The fraction of sp³-hybridized carbons (Fsp3) is 0.412. The van der Waals surface area contributed by atoms with Gasteiger partial charge in [-0.3, -0.25) is 9.59 Å². The summed E-state index contributed by atoms with van der Waals surface area (Å²) in [4.78, 5) is 24.9. The van der Waals surface area contributed by atoms with Crippen LogP contribution in [-0.2, 0) is 9.53 Å². The Morgan fingerprint density at radius 3 is 2.29 bits per heavy atom. The van der Waals surface area contributed by atoms with Crippen LogP contribution in [-0.4, -0.2) is 18.4 Å². The van der Waals surface area contributed by atoms with E-state index in [0.717, 1.165) is 11.1 Å². The Morgan fingerprint density at radius 2 is 1.81 bits per heavy atom. The van der Waals surface area contributed by atoms with Crippen molar-refractivity contribution in [2.45, 2.75) is 27.7 Å². The van der Waals surface area contributed by atoms with E-state index in [2.05, 4.69) is 0 Å². The van der Waals surface area contributed by atoms with E-state index >= 15 is 0 Å². The molecule has 112 valence electrons. The van der Waals surface area contributed by atoms with E-state index in [1.165, 1.54) is 0 Å². The van der Waals surface area contributed by atoms with E-state index in [0.29, 0.717) is 17.2 Å². The number of halogens is 1. The molecule has 0 aliphatic heterocycles. The second-order valence-electron chi connectivity index (χ2n) is 5.64. The summed E-state index contributed by atoms with van der Waals surface area (Å²) < 4.78 is 5.10. The van der Waals surface area contributed by atoms with Gasteiger partial charge in [-0.1, -0.05) is 17.2 Å². The summed E-state index contributed by atoms with van der Waals surface area (Å²) in [6.45, 7) is 7.73. The summed E-state index contributed by atoms with van der Waals surface area (Å²) >= 11 is 5.85. The molecule has 1 aliphatic rings. The zero-order valence-electron chi connectivity index (χ0n) is 12.7. The van der Waals surface area contributed by atoms with Crippen LogP contribution in [0.2, 0.25) is 5.02 Å². The minimum Gasteiger partial charge on any atom is -0.465 e. The monoisotopic (exact) mass is 306 g/mol. The number of Topliss-reactive ketones (excluding diaryl/α,β-unsaturated/α-hetero) is 1. The Morgan fingerprint density at radius 1 is 1.24 bits per heavy atom. The van der Waals surface area contributed by atoms with Crippen molar-refractivity contribution in [1.82, 2.24) is 0 Å². The number of benzene rings is 1. The van der Waals surface area contributed by atoms with Crippen LogP contribution in [0, 0.1) is 11.3 Å². The van der Waals surface area contributed by atoms with Gasteiger partial charge >= 0.3 is 5.97 Å². The second-order valence-corrected chi connectivity index (χ2v) is 6.07. The molecular formula is C17H19ClO3. The molecule has 0 aromatic heterocycles. The minimum absolute atomic E-state index is 0.0616. The average molecular weight is 307 g/mol. The Balaban J connectivity index is 2.36. The topological polar surface area (TPSA) is 43.4 Å². The highest BCUT2D eigenvalue weighted by Crippen LogP contribution is 2.61. The lowest BCUT2D eigenvalue weighted by Gasteiger charge is -2.09. The molecule has 0 heterocycles. The molecule has 1 fully saturated rings. The van der Waals surface area contributed by atoms with Gasteiger partial charge in [0.05, 0.1) is 17.9 Å². The van der Waals surface area contributed by atoms with E-state index in [9.17, 15) is 9.59 Å². The first kappa shape index (κ1) is 15.8. The first-order valence-electron chi connectivity index (χ1n) is 6.98. The summed E-state index contributed by atoms with van der Waals surface area (Å²) in [5.74, 6) is -0.849. The van der Waals surface area contributed by atoms with Crippen LogP contribution >= 0.6 is 11.6 Å². The number of hydrogen-bond acceptors (Lipinski definition) is 3. The molecule has 0 radical (unpaired) electrons. The second kappa shape index (κ2) is 5.64. The molecular weight excluding hydrogens is 288 g/mol. The van der Waals surface area contributed by atoms with Gasteiger partial charge in [-0.15, -0.1) is 0 Å². The molecule has 1 aromatic rings. The number of rotatable bonds is 4. The van der Waals surface area contributed by atoms with Gasteiger partial charge in [0.1, 0.15) is 0 Å². The number of ether oxygens (including phenoxy) is 1. The maximum Gasteiger partial charge on any atom is 0.314 e. The quantitative estimate of drug-likeness (QED) is 0.478. The molecule has 1 saturated carbocycles. The van der Waals surface area contributed by atoms with Gasteiger partial charge < -0.3 is 4.74 Å². The van der Waals surface area contributed by atoms with Gasteiger partial charge in [0.2, 0.25) is 0 Å². The van der Waals surface area contributed by atoms with Crippen molar-refractivity contribution < 1.29 is 14.3 Å². The van der Waals surface area contributed by atoms with Crippen molar-refractivity contribution in [2.75, 3.05) is 6.61 Å². The lowest BCUT2D eigenvalue weighted by Crippen LogP contribution is -2.20.